The zero-order chi connectivity index (χ0) is 16.8. The van der Waals surface area contributed by atoms with E-state index in [1.807, 2.05) is 69.3 Å². The van der Waals surface area contributed by atoms with E-state index < -0.39 is 0 Å². The van der Waals surface area contributed by atoms with Gasteiger partial charge in [-0.2, -0.15) is 0 Å². The molecule has 1 N–H and O–H groups in total. The summed E-state index contributed by atoms with van der Waals surface area (Å²) in [5, 5.41) is 3.02. The molecule has 0 saturated heterocycles. The molecule has 2 rings (SSSR count). The molecular formula is C19H22BrNO2. The van der Waals surface area contributed by atoms with Gasteiger partial charge in [0.15, 0.2) is 0 Å². The molecule has 4 heteroatoms. The van der Waals surface area contributed by atoms with Crippen LogP contribution in [0.1, 0.15) is 48.3 Å². The number of rotatable bonds is 6. The lowest BCUT2D eigenvalue weighted by atomic mass is 10.1. The molecular weight excluding hydrogens is 354 g/mol. The fourth-order valence-corrected chi connectivity index (χ4v) is 2.83. The van der Waals surface area contributed by atoms with Crippen LogP contribution in [0.3, 0.4) is 0 Å². The highest BCUT2D eigenvalue weighted by Gasteiger charge is 2.13. The Bertz CT molecular complexity index is 653. The first-order chi connectivity index (χ1) is 11.0. The number of hydrogen-bond donors (Lipinski definition) is 1. The second-order valence-corrected chi connectivity index (χ2v) is 6.63. The lowest BCUT2D eigenvalue weighted by Crippen LogP contribution is -2.26. The molecule has 0 saturated carbocycles. The Morgan fingerprint density at radius 3 is 2.35 bits per heavy atom. The summed E-state index contributed by atoms with van der Waals surface area (Å²) >= 11 is 3.52. The van der Waals surface area contributed by atoms with Gasteiger partial charge in [0.25, 0.3) is 5.91 Å². The lowest BCUT2D eigenvalue weighted by molar-refractivity contribution is 0.0656. The van der Waals surface area contributed by atoms with Gasteiger partial charge in [-0.05, 0) is 50.1 Å². The molecule has 2 aromatic rings. The highest BCUT2D eigenvalue weighted by Crippen LogP contribution is 2.23. The molecule has 0 spiro atoms. The van der Waals surface area contributed by atoms with Gasteiger partial charge < -0.3 is 10.1 Å². The number of ether oxygens (including phenoxy) is 1. The van der Waals surface area contributed by atoms with Gasteiger partial charge in [0.2, 0.25) is 0 Å². The Kier molecular flexibility index (Phi) is 6.37. The van der Waals surface area contributed by atoms with Crippen molar-refractivity contribution in [2.24, 2.45) is 0 Å². The number of halogens is 1. The molecule has 0 fully saturated rings. The van der Waals surface area contributed by atoms with Crippen LogP contribution in [0.4, 0.5) is 0 Å². The van der Waals surface area contributed by atoms with E-state index in [0.717, 1.165) is 15.6 Å². The Morgan fingerprint density at radius 1 is 1.09 bits per heavy atom. The zero-order valence-electron chi connectivity index (χ0n) is 13.7. The molecule has 0 aliphatic carbocycles. The summed E-state index contributed by atoms with van der Waals surface area (Å²) in [5.41, 5.74) is 2.77. The first-order valence-electron chi connectivity index (χ1n) is 7.73. The third kappa shape index (κ3) is 5.19. The van der Waals surface area contributed by atoms with Crippen molar-refractivity contribution in [2.45, 2.75) is 39.5 Å². The molecule has 23 heavy (non-hydrogen) atoms. The Labute approximate surface area is 146 Å². The molecule has 0 unspecified atom stereocenters. The number of hydrogen-bond acceptors (Lipinski definition) is 2. The van der Waals surface area contributed by atoms with Gasteiger partial charge in [-0.15, -0.1) is 0 Å². The van der Waals surface area contributed by atoms with Crippen molar-refractivity contribution in [2.75, 3.05) is 0 Å². The Balaban J connectivity index is 1.99. The summed E-state index contributed by atoms with van der Waals surface area (Å²) in [4.78, 5) is 12.4. The summed E-state index contributed by atoms with van der Waals surface area (Å²) in [6.07, 6.45) is 0.197. The van der Waals surface area contributed by atoms with Gasteiger partial charge in [-0.3, -0.25) is 4.79 Å². The van der Waals surface area contributed by atoms with E-state index in [-0.39, 0.29) is 18.1 Å². The minimum absolute atomic E-state index is 0.0676. The van der Waals surface area contributed by atoms with Crippen LogP contribution in [0.5, 0.6) is 0 Å². The van der Waals surface area contributed by atoms with Gasteiger partial charge in [0.1, 0.15) is 0 Å². The lowest BCUT2D eigenvalue weighted by Gasteiger charge is -2.16. The van der Waals surface area contributed by atoms with Crippen molar-refractivity contribution < 1.29 is 9.53 Å². The van der Waals surface area contributed by atoms with Gasteiger partial charge in [0.05, 0.1) is 18.8 Å². The van der Waals surface area contributed by atoms with E-state index in [2.05, 4.69) is 21.2 Å². The summed E-state index contributed by atoms with van der Waals surface area (Å²) in [7, 11) is 0. The minimum atomic E-state index is -0.0791. The molecule has 2 aromatic carbocycles. The predicted octanol–water partition coefficient (Wildman–Crippen LogP) is 4.87. The third-order valence-electron chi connectivity index (χ3n) is 3.52. The van der Waals surface area contributed by atoms with Gasteiger partial charge in [-0.1, -0.05) is 46.3 Å². The normalized spacial score (nSPS) is 12.2. The van der Waals surface area contributed by atoms with Crippen LogP contribution < -0.4 is 5.32 Å². The van der Waals surface area contributed by atoms with Crippen molar-refractivity contribution in [3.05, 3.63) is 69.7 Å². The largest absolute Gasteiger partial charge is 0.374 e. The number of carbonyl (C=O) groups is 1. The molecule has 3 nitrogen and oxygen atoms in total. The maximum absolute atomic E-state index is 12.4. The Hall–Kier alpha value is -1.65. The third-order valence-corrected chi connectivity index (χ3v) is 4.24. The molecule has 1 atom stereocenters. The second-order valence-electron chi connectivity index (χ2n) is 5.77. The molecule has 0 radical (unpaired) electrons. The standard InChI is InChI=1S/C19H22BrNO2/c1-13(2)23-12-15-8-10-16(11-9-15)19(22)21-14(3)17-6-4-5-7-18(17)20/h4-11,13-14H,12H2,1-3H3,(H,21,22)/t14-/m1/s1. The molecule has 0 bridgehead atoms. The molecule has 1 amide bonds. The summed E-state index contributed by atoms with van der Waals surface area (Å²) < 4.78 is 6.55. The zero-order valence-corrected chi connectivity index (χ0v) is 15.3. The topological polar surface area (TPSA) is 38.3 Å². The van der Waals surface area contributed by atoms with Gasteiger partial charge in [0, 0.05) is 10.0 Å². The van der Waals surface area contributed by atoms with Crippen LogP contribution in [0.25, 0.3) is 0 Å². The number of carbonyl (C=O) groups excluding carboxylic acids is 1. The Morgan fingerprint density at radius 2 is 1.74 bits per heavy atom. The summed E-state index contributed by atoms with van der Waals surface area (Å²) in [5.74, 6) is -0.0791. The van der Waals surface area contributed by atoms with Crippen molar-refractivity contribution in [3.63, 3.8) is 0 Å². The molecule has 122 valence electrons. The summed E-state index contributed by atoms with van der Waals surface area (Å²) in [6.45, 7) is 6.55. The van der Waals surface area contributed by atoms with E-state index >= 15 is 0 Å². The quantitative estimate of drug-likeness (QED) is 0.782. The fraction of sp³-hybridized carbons (Fsp3) is 0.316. The average Bonchev–Trinajstić information content (AvgIpc) is 2.53. The monoisotopic (exact) mass is 375 g/mol. The fourth-order valence-electron chi connectivity index (χ4n) is 2.20. The maximum Gasteiger partial charge on any atom is 0.251 e. The highest BCUT2D eigenvalue weighted by molar-refractivity contribution is 9.10. The maximum atomic E-state index is 12.4. The van der Waals surface area contributed by atoms with Crippen molar-refractivity contribution in [1.82, 2.24) is 5.32 Å². The average molecular weight is 376 g/mol. The first kappa shape index (κ1) is 17.7. The molecule has 0 aliphatic heterocycles. The van der Waals surface area contributed by atoms with Crippen molar-refractivity contribution in [1.29, 1.82) is 0 Å². The van der Waals surface area contributed by atoms with E-state index in [1.54, 1.807) is 0 Å². The number of benzene rings is 2. The molecule has 0 heterocycles. The van der Waals surface area contributed by atoms with Crippen LogP contribution >= 0.6 is 15.9 Å². The SMILES string of the molecule is CC(C)OCc1ccc(C(=O)N[C@H](C)c2ccccc2Br)cc1. The van der Waals surface area contributed by atoms with E-state index in [1.165, 1.54) is 0 Å². The second kappa shape index (κ2) is 8.27. The van der Waals surface area contributed by atoms with Gasteiger partial charge >= 0.3 is 0 Å². The number of amides is 1. The van der Waals surface area contributed by atoms with Crippen LogP contribution in [0.2, 0.25) is 0 Å². The van der Waals surface area contributed by atoms with Crippen molar-refractivity contribution in [3.8, 4) is 0 Å². The van der Waals surface area contributed by atoms with Crippen LogP contribution in [-0.4, -0.2) is 12.0 Å². The smallest absolute Gasteiger partial charge is 0.251 e. The van der Waals surface area contributed by atoms with Crippen molar-refractivity contribution >= 4 is 21.8 Å². The minimum Gasteiger partial charge on any atom is -0.374 e. The predicted molar refractivity (Wildman–Crippen MR) is 96.4 cm³/mol. The highest BCUT2D eigenvalue weighted by atomic mass is 79.9. The van der Waals surface area contributed by atoms with Crippen LogP contribution in [-0.2, 0) is 11.3 Å². The first-order valence-corrected chi connectivity index (χ1v) is 8.52. The van der Waals surface area contributed by atoms with Gasteiger partial charge in [-0.25, -0.2) is 0 Å². The van der Waals surface area contributed by atoms with E-state index in [9.17, 15) is 4.79 Å². The summed E-state index contributed by atoms with van der Waals surface area (Å²) in [6, 6.07) is 15.4. The molecule has 0 aliphatic rings. The molecule has 0 aromatic heterocycles. The van der Waals surface area contributed by atoms with E-state index in [4.69, 9.17) is 4.74 Å². The van der Waals surface area contributed by atoms with Crippen LogP contribution in [0, 0.1) is 0 Å². The van der Waals surface area contributed by atoms with Crippen LogP contribution in [0.15, 0.2) is 53.0 Å². The van der Waals surface area contributed by atoms with E-state index in [0.29, 0.717) is 12.2 Å². The number of nitrogens with one attached hydrogen (secondary N) is 1.